The van der Waals surface area contributed by atoms with E-state index in [9.17, 15) is 43.2 Å². The smallest absolute Gasteiger partial charge is 0.462 e. The van der Waals surface area contributed by atoms with Crippen molar-refractivity contribution >= 4 is 39.5 Å². The summed E-state index contributed by atoms with van der Waals surface area (Å²) in [4.78, 5) is 73.1. The van der Waals surface area contributed by atoms with Crippen molar-refractivity contribution in [3.05, 3.63) is 0 Å². The maximum atomic E-state index is 13.1. The van der Waals surface area contributed by atoms with E-state index in [-0.39, 0.29) is 25.7 Å². The Bertz CT molecular complexity index is 1960. The molecule has 3 N–H and O–H groups in total. The van der Waals surface area contributed by atoms with Crippen LogP contribution in [0.15, 0.2) is 0 Å². The molecule has 19 heteroatoms. The first-order valence-corrected chi connectivity index (χ1v) is 45.3. The molecule has 0 saturated carbocycles. The van der Waals surface area contributed by atoms with E-state index in [4.69, 9.17) is 37.0 Å². The lowest BCUT2D eigenvalue weighted by Crippen LogP contribution is -2.30. The molecule has 0 rings (SSSR count). The van der Waals surface area contributed by atoms with Crippen molar-refractivity contribution in [1.29, 1.82) is 0 Å². The number of rotatable bonds is 80. The number of ether oxygens (including phenoxy) is 4. The van der Waals surface area contributed by atoms with Gasteiger partial charge in [0.25, 0.3) is 0 Å². The van der Waals surface area contributed by atoms with Gasteiger partial charge in [-0.25, -0.2) is 9.13 Å². The third-order valence-corrected chi connectivity index (χ3v) is 21.0. The van der Waals surface area contributed by atoms with E-state index in [0.29, 0.717) is 25.7 Å². The minimum atomic E-state index is -4.96. The Morgan fingerprint density at radius 1 is 0.267 bits per heavy atom. The Morgan fingerprint density at radius 3 is 0.673 bits per heavy atom. The summed E-state index contributed by atoms with van der Waals surface area (Å²) in [6.45, 7) is 12.0. The Hall–Kier alpha value is -1.94. The summed E-state index contributed by atoms with van der Waals surface area (Å²) in [5, 5.41) is 10.7. The summed E-state index contributed by atoms with van der Waals surface area (Å²) in [6.07, 6.45) is 60.9. The first-order valence-electron chi connectivity index (χ1n) is 42.3. The molecule has 0 radical (unpaired) electrons. The average molecular weight is 1480 g/mol. The first kappa shape index (κ1) is 99.1. The summed E-state index contributed by atoms with van der Waals surface area (Å²) < 4.78 is 68.8. The Labute approximate surface area is 619 Å². The average Bonchev–Trinajstić information content (AvgIpc) is 0.933. The summed E-state index contributed by atoms with van der Waals surface area (Å²) in [5.41, 5.74) is 0. The van der Waals surface area contributed by atoms with Crippen molar-refractivity contribution in [2.45, 2.75) is 446 Å². The number of unbranched alkanes of at least 4 members (excludes halogenated alkanes) is 48. The fourth-order valence-electron chi connectivity index (χ4n) is 12.7. The predicted molar refractivity (Wildman–Crippen MR) is 414 cm³/mol. The topological polar surface area (TPSA) is 237 Å². The number of aliphatic hydroxyl groups is 1. The Balaban J connectivity index is 5.26. The monoisotopic (exact) mass is 1480 g/mol. The molecule has 0 aromatic rings. The van der Waals surface area contributed by atoms with Gasteiger partial charge in [0.1, 0.15) is 19.3 Å². The second-order valence-electron chi connectivity index (χ2n) is 30.9. The molecule has 0 aliphatic heterocycles. The lowest BCUT2D eigenvalue weighted by Gasteiger charge is -2.21. The number of hydrogen-bond donors (Lipinski definition) is 3. The van der Waals surface area contributed by atoms with Gasteiger partial charge in [-0.2, -0.15) is 0 Å². The van der Waals surface area contributed by atoms with Crippen molar-refractivity contribution in [2.75, 3.05) is 39.6 Å². The van der Waals surface area contributed by atoms with E-state index in [1.807, 2.05) is 0 Å². The van der Waals surface area contributed by atoms with Crippen LogP contribution in [0.4, 0.5) is 0 Å². The SMILES string of the molecule is CCCCCCCCCCCCCCC(=O)OC[C@H](COP(=O)(O)OC[C@H](O)COP(=O)(O)OC[C@@H](COC(=O)CCCCCCCCCCCCCCC(C)C)OC(=O)CCCCCCCCCCCCCCCCCCC(C)C)OC(=O)CCCCCCCCCCCCCCC(C)C. The van der Waals surface area contributed by atoms with Gasteiger partial charge in [0.05, 0.1) is 26.4 Å². The van der Waals surface area contributed by atoms with Crippen LogP contribution in [0.1, 0.15) is 427 Å². The molecule has 0 spiro atoms. The van der Waals surface area contributed by atoms with E-state index in [2.05, 4.69) is 48.5 Å². The number of phosphoric ester groups is 2. The predicted octanol–water partition coefficient (Wildman–Crippen LogP) is 24.5. The van der Waals surface area contributed by atoms with Crippen molar-refractivity contribution in [3.63, 3.8) is 0 Å². The van der Waals surface area contributed by atoms with Crippen LogP contribution in [0.3, 0.4) is 0 Å². The van der Waals surface area contributed by atoms with Gasteiger partial charge >= 0.3 is 39.5 Å². The Morgan fingerprint density at radius 2 is 0.455 bits per heavy atom. The summed E-state index contributed by atoms with van der Waals surface area (Å²) in [6, 6.07) is 0. The van der Waals surface area contributed by atoms with Crippen molar-refractivity contribution in [3.8, 4) is 0 Å². The van der Waals surface area contributed by atoms with Gasteiger partial charge in [-0.3, -0.25) is 37.3 Å². The van der Waals surface area contributed by atoms with Crippen LogP contribution in [0, 0.1) is 17.8 Å². The molecule has 0 aromatic carbocycles. The normalized spacial score (nSPS) is 14.0. The molecule has 0 fully saturated rings. The van der Waals surface area contributed by atoms with Crippen LogP contribution in [0.25, 0.3) is 0 Å². The third kappa shape index (κ3) is 76.1. The molecule has 0 saturated heterocycles. The molecule has 0 aromatic heterocycles. The lowest BCUT2D eigenvalue weighted by molar-refractivity contribution is -0.161. The highest BCUT2D eigenvalue weighted by Crippen LogP contribution is 2.45. The maximum absolute atomic E-state index is 13.1. The van der Waals surface area contributed by atoms with E-state index >= 15 is 0 Å². The van der Waals surface area contributed by atoms with Crippen LogP contribution in [-0.2, 0) is 65.4 Å². The first-order chi connectivity index (χ1) is 48.7. The van der Waals surface area contributed by atoms with Gasteiger partial charge in [0, 0.05) is 25.7 Å². The second-order valence-corrected chi connectivity index (χ2v) is 33.8. The fourth-order valence-corrected chi connectivity index (χ4v) is 14.2. The van der Waals surface area contributed by atoms with Crippen LogP contribution < -0.4 is 0 Å². The molecule has 0 amide bonds. The van der Waals surface area contributed by atoms with Gasteiger partial charge < -0.3 is 33.8 Å². The zero-order chi connectivity index (χ0) is 74.4. The standard InChI is InChI=1S/C82H160O17P2/c1-8-9-10-11-12-13-14-28-35-42-49-56-63-79(84)92-69-77(99-82(87)66-59-52-45-38-31-24-22-27-34-41-48-55-62-75(6)7)71-96-100(88,89)94-67-76(83)68-95-101(90,91)97-72-78(70-93-80(85)64-57-50-43-36-29-23-21-26-33-40-47-54-61-74(4)5)98-81(86)65-58-51-44-37-30-20-18-16-15-17-19-25-32-39-46-53-60-73(2)3/h73-78,83H,8-72H2,1-7H3,(H,88,89)(H,90,91)/t76-,77+,78+/m0/s1. The van der Waals surface area contributed by atoms with Gasteiger partial charge in [-0.05, 0) is 43.4 Å². The quantitative estimate of drug-likeness (QED) is 0.0222. The van der Waals surface area contributed by atoms with Crippen LogP contribution in [0.2, 0.25) is 0 Å². The largest absolute Gasteiger partial charge is 0.472 e. The molecule has 5 atom stereocenters. The highest BCUT2D eigenvalue weighted by atomic mass is 31.2. The molecule has 0 heterocycles. The zero-order valence-electron chi connectivity index (χ0n) is 66.4. The van der Waals surface area contributed by atoms with E-state index in [1.54, 1.807) is 0 Å². The highest BCUT2D eigenvalue weighted by molar-refractivity contribution is 7.47. The molecular weight excluding hydrogens is 1320 g/mol. The molecular formula is C82H160O17P2. The number of carbonyl (C=O) groups excluding carboxylic acids is 4. The Kier molecular flexibility index (Phi) is 70.9. The van der Waals surface area contributed by atoms with Gasteiger partial charge in [0.15, 0.2) is 12.2 Å². The second kappa shape index (κ2) is 72.3. The van der Waals surface area contributed by atoms with E-state index in [1.165, 1.54) is 238 Å². The summed E-state index contributed by atoms with van der Waals surface area (Å²) in [7, 11) is -9.92. The minimum Gasteiger partial charge on any atom is -0.462 e. The number of hydrogen-bond acceptors (Lipinski definition) is 15. The molecule has 0 aliphatic rings. The van der Waals surface area contributed by atoms with E-state index < -0.39 is 97.5 Å². The molecule has 600 valence electrons. The highest BCUT2D eigenvalue weighted by Gasteiger charge is 2.30. The van der Waals surface area contributed by atoms with Crippen molar-refractivity contribution in [2.24, 2.45) is 17.8 Å². The van der Waals surface area contributed by atoms with Crippen molar-refractivity contribution < 1.29 is 80.2 Å². The lowest BCUT2D eigenvalue weighted by atomic mass is 10.0. The number of phosphoric acid groups is 2. The van der Waals surface area contributed by atoms with Gasteiger partial charge in [-0.1, -0.05) is 376 Å². The summed E-state index contributed by atoms with van der Waals surface area (Å²) in [5.74, 6) is 0.260. The minimum absolute atomic E-state index is 0.107. The van der Waals surface area contributed by atoms with Gasteiger partial charge in [0.2, 0.25) is 0 Å². The number of esters is 4. The molecule has 101 heavy (non-hydrogen) atoms. The fraction of sp³-hybridized carbons (Fsp3) is 0.951. The van der Waals surface area contributed by atoms with E-state index in [0.717, 1.165) is 108 Å². The van der Waals surface area contributed by atoms with Crippen LogP contribution in [0.5, 0.6) is 0 Å². The maximum Gasteiger partial charge on any atom is 0.472 e. The molecule has 0 bridgehead atoms. The van der Waals surface area contributed by atoms with Crippen LogP contribution >= 0.6 is 15.6 Å². The molecule has 2 unspecified atom stereocenters. The summed E-state index contributed by atoms with van der Waals surface area (Å²) >= 11 is 0. The van der Waals surface area contributed by atoms with Crippen molar-refractivity contribution in [1.82, 2.24) is 0 Å². The number of aliphatic hydroxyl groups excluding tert-OH is 1. The number of carbonyl (C=O) groups is 4. The van der Waals surface area contributed by atoms with Crippen LogP contribution in [-0.4, -0.2) is 96.7 Å². The molecule has 17 nitrogen and oxygen atoms in total. The van der Waals surface area contributed by atoms with Gasteiger partial charge in [-0.15, -0.1) is 0 Å². The third-order valence-electron chi connectivity index (χ3n) is 19.1. The zero-order valence-corrected chi connectivity index (χ0v) is 68.2. The molecule has 0 aliphatic carbocycles.